The number of benzene rings is 1. The number of carbonyl (C=O) groups is 2. The van der Waals surface area contributed by atoms with Crippen LogP contribution in [0.1, 0.15) is 36.3 Å². The van der Waals surface area contributed by atoms with Crippen molar-refractivity contribution in [2.24, 2.45) is 5.92 Å². The van der Waals surface area contributed by atoms with Gasteiger partial charge in [-0.1, -0.05) is 54.9 Å². The molecule has 2 N–H and O–H groups in total. The van der Waals surface area contributed by atoms with Crippen LogP contribution in [0.3, 0.4) is 0 Å². The Labute approximate surface area is 210 Å². The largest absolute Gasteiger partial charge is 0.495 e. The van der Waals surface area contributed by atoms with E-state index in [1.165, 1.54) is 7.11 Å². The lowest BCUT2D eigenvalue weighted by atomic mass is 9.72. The zero-order valence-corrected chi connectivity index (χ0v) is 20.8. The number of hydrogen-bond acceptors (Lipinski definition) is 5. The van der Waals surface area contributed by atoms with Crippen LogP contribution in [-0.4, -0.2) is 55.8 Å². The minimum absolute atomic E-state index is 0.193. The fourth-order valence-corrected chi connectivity index (χ4v) is 5.08. The third-order valence-corrected chi connectivity index (χ3v) is 7.54. The van der Waals surface area contributed by atoms with Gasteiger partial charge < -0.3 is 24.8 Å². The van der Waals surface area contributed by atoms with Crippen molar-refractivity contribution in [1.29, 1.82) is 0 Å². The Morgan fingerprint density at radius 2 is 2.00 bits per heavy atom. The van der Waals surface area contributed by atoms with Crippen LogP contribution < -0.4 is 5.32 Å². The van der Waals surface area contributed by atoms with Gasteiger partial charge in [-0.2, -0.15) is 0 Å². The maximum atomic E-state index is 13.3. The predicted molar refractivity (Wildman–Crippen MR) is 134 cm³/mol. The number of carboxylic acid groups (broad SMARTS) is 1. The van der Waals surface area contributed by atoms with Crippen LogP contribution in [0.15, 0.2) is 71.1 Å². The lowest BCUT2D eigenvalue weighted by Gasteiger charge is -2.43. The smallest absolute Gasteiger partial charge is 0.311 e. The van der Waals surface area contributed by atoms with Gasteiger partial charge in [0.05, 0.1) is 31.3 Å². The zero-order chi connectivity index (χ0) is 25.2. The molecule has 1 atom stereocenters. The van der Waals surface area contributed by atoms with Gasteiger partial charge in [-0.15, -0.1) is 0 Å². The Hall–Kier alpha value is -3.03. The molecule has 2 fully saturated rings. The van der Waals surface area contributed by atoms with Crippen LogP contribution in [0.25, 0.3) is 0 Å². The third-order valence-electron chi connectivity index (χ3n) is 7.11. The maximum Gasteiger partial charge on any atom is 0.311 e. The lowest BCUT2D eigenvalue weighted by Crippen LogP contribution is -2.60. The fourth-order valence-electron chi connectivity index (χ4n) is 4.83. The van der Waals surface area contributed by atoms with Gasteiger partial charge in [0.2, 0.25) is 0 Å². The molecule has 1 saturated heterocycles. The molecule has 3 aliphatic rings. The summed E-state index contributed by atoms with van der Waals surface area (Å²) < 4.78 is 10.8. The van der Waals surface area contributed by atoms with E-state index >= 15 is 0 Å². The number of nitrogens with one attached hydrogen (secondary N) is 1. The molecule has 4 rings (SSSR count). The van der Waals surface area contributed by atoms with Crippen LogP contribution >= 0.6 is 11.6 Å². The normalized spacial score (nSPS) is 21.9. The molecule has 7 nitrogen and oxygen atoms in total. The highest BCUT2D eigenvalue weighted by atomic mass is 35.5. The highest BCUT2D eigenvalue weighted by Crippen LogP contribution is 2.40. The number of methoxy groups -OCH3 is 1. The van der Waals surface area contributed by atoms with Gasteiger partial charge in [0.1, 0.15) is 17.0 Å². The van der Waals surface area contributed by atoms with Crippen molar-refractivity contribution in [2.75, 3.05) is 33.9 Å². The number of carbonyl (C=O) groups excluding carboxylic acids is 1. The van der Waals surface area contributed by atoms with Gasteiger partial charge in [-0.25, -0.2) is 0 Å². The van der Waals surface area contributed by atoms with Gasteiger partial charge >= 0.3 is 5.97 Å². The summed E-state index contributed by atoms with van der Waals surface area (Å²) in [6.45, 7) is 4.83. The van der Waals surface area contributed by atoms with Crippen LogP contribution in [0, 0.1) is 5.92 Å². The van der Waals surface area contributed by atoms with Crippen LogP contribution in [0.4, 0.5) is 0 Å². The summed E-state index contributed by atoms with van der Waals surface area (Å²) in [7, 11) is 3.36. The van der Waals surface area contributed by atoms with Gasteiger partial charge in [0.15, 0.2) is 0 Å². The number of rotatable bonds is 9. The Balaban J connectivity index is 1.54. The highest BCUT2D eigenvalue weighted by molar-refractivity contribution is 6.32. The molecular weight excluding hydrogens is 468 g/mol. The van der Waals surface area contributed by atoms with E-state index in [9.17, 15) is 14.7 Å². The number of allylic oxidation sites excluding steroid dienone is 3. The second-order valence-electron chi connectivity index (χ2n) is 9.35. The molecule has 1 unspecified atom stereocenters. The number of ether oxygens (including phenoxy) is 2. The van der Waals surface area contributed by atoms with E-state index in [0.29, 0.717) is 36.2 Å². The lowest BCUT2D eigenvalue weighted by molar-refractivity contribution is -0.141. The van der Waals surface area contributed by atoms with Crippen LogP contribution in [-0.2, 0) is 24.6 Å². The number of aliphatic carboxylic acids is 1. The summed E-state index contributed by atoms with van der Waals surface area (Å²) in [5, 5.41) is 13.3. The van der Waals surface area contributed by atoms with E-state index in [1.54, 1.807) is 18.2 Å². The minimum Gasteiger partial charge on any atom is -0.495 e. The van der Waals surface area contributed by atoms with Crippen molar-refractivity contribution in [2.45, 2.75) is 30.7 Å². The van der Waals surface area contributed by atoms with E-state index in [2.05, 4.69) is 11.9 Å². The molecule has 0 aromatic heterocycles. The van der Waals surface area contributed by atoms with Crippen molar-refractivity contribution in [3.63, 3.8) is 0 Å². The second kappa shape index (κ2) is 10.3. The van der Waals surface area contributed by atoms with E-state index in [4.69, 9.17) is 21.1 Å². The molecular formula is C27H31ClN2O5. The number of amides is 1. The summed E-state index contributed by atoms with van der Waals surface area (Å²) in [4.78, 5) is 27.0. The summed E-state index contributed by atoms with van der Waals surface area (Å²) in [5.74, 6) is -0.827. The van der Waals surface area contributed by atoms with E-state index < -0.39 is 17.4 Å². The quantitative estimate of drug-likeness (QED) is 0.395. The first-order valence-electron chi connectivity index (χ1n) is 11.7. The van der Waals surface area contributed by atoms with E-state index in [1.807, 2.05) is 36.2 Å². The SMILES string of the molecule is C=C/C=C(OC)\C(Cl)=C1\C=C(C(=O)NC2(c3ccc(C(C(=O)O)C4CCC4)cc3)COC2)N(C)C1. The average molecular weight is 499 g/mol. The fraction of sp³-hybridized carbons (Fsp3) is 0.407. The summed E-state index contributed by atoms with van der Waals surface area (Å²) in [6.07, 6.45) is 8.01. The molecule has 1 saturated carbocycles. The molecule has 0 bridgehead atoms. The predicted octanol–water partition coefficient (Wildman–Crippen LogP) is 4.04. The Bertz CT molecular complexity index is 1100. The first-order valence-corrected chi connectivity index (χ1v) is 12.1. The number of nitrogens with zero attached hydrogens (tertiary/aromatic N) is 1. The van der Waals surface area contributed by atoms with Gasteiger partial charge in [0.25, 0.3) is 5.91 Å². The highest BCUT2D eigenvalue weighted by Gasteiger charge is 2.43. The monoisotopic (exact) mass is 498 g/mol. The zero-order valence-electron chi connectivity index (χ0n) is 20.1. The topological polar surface area (TPSA) is 88.1 Å². The molecule has 2 heterocycles. The summed E-state index contributed by atoms with van der Waals surface area (Å²) in [6, 6.07) is 7.57. The molecule has 1 amide bonds. The first-order chi connectivity index (χ1) is 16.8. The van der Waals surface area contributed by atoms with Crippen molar-refractivity contribution in [3.05, 3.63) is 82.3 Å². The average Bonchev–Trinajstić information content (AvgIpc) is 3.18. The molecule has 8 heteroatoms. The summed E-state index contributed by atoms with van der Waals surface area (Å²) in [5.41, 5.74) is 2.30. The second-order valence-corrected chi connectivity index (χ2v) is 9.73. The van der Waals surface area contributed by atoms with Crippen molar-refractivity contribution in [1.82, 2.24) is 10.2 Å². The Morgan fingerprint density at radius 1 is 1.31 bits per heavy atom. The van der Waals surface area contributed by atoms with Crippen LogP contribution in [0.2, 0.25) is 0 Å². The number of hydrogen-bond donors (Lipinski definition) is 2. The van der Waals surface area contributed by atoms with E-state index in [0.717, 1.165) is 36.0 Å². The van der Waals surface area contributed by atoms with E-state index in [-0.39, 0.29) is 11.8 Å². The van der Waals surface area contributed by atoms with Crippen molar-refractivity contribution >= 4 is 23.5 Å². The number of halogens is 1. The molecule has 2 aliphatic heterocycles. The Morgan fingerprint density at radius 3 is 2.49 bits per heavy atom. The van der Waals surface area contributed by atoms with Gasteiger partial charge in [0, 0.05) is 13.6 Å². The molecule has 35 heavy (non-hydrogen) atoms. The molecule has 1 aliphatic carbocycles. The Kier molecular flexibility index (Phi) is 7.38. The van der Waals surface area contributed by atoms with Crippen molar-refractivity contribution in [3.8, 4) is 0 Å². The van der Waals surface area contributed by atoms with Gasteiger partial charge in [-0.05, 0) is 47.6 Å². The van der Waals surface area contributed by atoms with Crippen LogP contribution in [0.5, 0.6) is 0 Å². The standard InChI is InChI=1S/C27H31ClN2O5/c1-4-6-22(34-3)24(28)19-13-21(30(2)14-19)25(31)29-27(15-35-16-27)20-11-9-18(10-12-20)23(26(32)33)17-7-5-8-17/h4,6,9-13,17,23H,1,5,7-8,14-16H2,2-3H3,(H,29,31)(H,32,33)/b22-6+,24-19+. The molecule has 0 radical (unpaired) electrons. The summed E-state index contributed by atoms with van der Waals surface area (Å²) >= 11 is 6.51. The van der Waals surface area contributed by atoms with Gasteiger partial charge in [-0.3, -0.25) is 9.59 Å². The van der Waals surface area contributed by atoms with Crippen molar-refractivity contribution < 1.29 is 24.2 Å². The molecule has 186 valence electrons. The number of likely N-dealkylation sites (N-methyl/N-ethyl adjacent to an activating group) is 1. The molecule has 1 aromatic carbocycles. The molecule has 1 aromatic rings. The molecule has 0 spiro atoms. The minimum atomic E-state index is -0.782. The first kappa shape index (κ1) is 25.1. The third kappa shape index (κ3) is 4.88. The maximum absolute atomic E-state index is 13.3. The number of carboxylic acids is 1.